The van der Waals surface area contributed by atoms with Crippen LogP contribution in [0.15, 0.2) is 66.8 Å². The molecule has 0 atom stereocenters. The van der Waals surface area contributed by atoms with E-state index in [1.54, 1.807) is 0 Å². The van der Waals surface area contributed by atoms with Gasteiger partial charge in [0, 0.05) is 33.8 Å². The molecular weight excluding hydrogens is 498 g/mol. The maximum Gasteiger partial charge on any atom is 0.0506 e. The zero-order valence-electron chi connectivity index (χ0n) is 26.3. The van der Waals surface area contributed by atoms with Crippen LogP contribution in [0.2, 0.25) is 0 Å². The van der Waals surface area contributed by atoms with E-state index in [1.165, 1.54) is 72.7 Å². The van der Waals surface area contributed by atoms with Crippen LogP contribution < -0.4 is 16.0 Å². The van der Waals surface area contributed by atoms with Crippen LogP contribution in [0.25, 0.3) is 16.7 Å². The lowest BCUT2D eigenvalue weighted by Crippen LogP contribution is -2.32. The second kappa shape index (κ2) is 9.41. The first-order valence-corrected chi connectivity index (χ1v) is 15.0. The van der Waals surface area contributed by atoms with E-state index < -0.39 is 0 Å². The van der Waals surface area contributed by atoms with E-state index in [0.717, 1.165) is 12.8 Å². The van der Waals surface area contributed by atoms with Crippen molar-refractivity contribution >= 4 is 33.8 Å². The van der Waals surface area contributed by atoms with Gasteiger partial charge in [-0.3, -0.25) is 0 Å². The summed E-state index contributed by atoms with van der Waals surface area (Å²) in [5.41, 5.74) is 17.0. The molecule has 0 saturated carbocycles. The van der Waals surface area contributed by atoms with Crippen molar-refractivity contribution < 1.29 is 0 Å². The quantitative estimate of drug-likeness (QED) is 0.306. The van der Waals surface area contributed by atoms with Crippen LogP contribution in [0.1, 0.15) is 101 Å². The van der Waals surface area contributed by atoms with E-state index in [1.807, 2.05) is 0 Å². The van der Waals surface area contributed by atoms with E-state index in [0.29, 0.717) is 0 Å². The molecule has 0 saturated heterocycles. The van der Waals surface area contributed by atoms with Crippen LogP contribution in [0.4, 0.5) is 17.1 Å². The Morgan fingerprint density at radius 3 is 1.46 bits per heavy atom. The molecule has 0 spiro atoms. The molecule has 0 aromatic heterocycles. The van der Waals surface area contributed by atoms with Gasteiger partial charge in [0.2, 0.25) is 0 Å². The third-order valence-corrected chi connectivity index (χ3v) is 8.62. The minimum atomic E-state index is -0.0822. The minimum absolute atomic E-state index is 0.0199. The first kappa shape index (κ1) is 27.4. The normalized spacial score (nSPS) is 19.2. The molecule has 0 amide bonds. The Morgan fingerprint density at radius 2 is 0.927 bits per heavy atom. The van der Waals surface area contributed by atoms with Gasteiger partial charge in [-0.1, -0.05) is 36.4 Å². The van der Waals surface area contributed by atoms with Crippen LogP contribution in [0, 0.1) is 0 Å². The van der Waals surface area contributed by atoms with Crippen molar-refractivity contribution in [3.8, 4) is 0 Å². The van der Waals surface area contributed by atoms with Gasteiger partial charge in [-0.2, -0.15) is 0 Å². The lowest BCUT2D eigenvalue weighted by molar-refractivity contribution is 0.705. The summed E-state index contributed by atoms with van der Waals surface area (Å²) < 4.78 is 0. The summed E-state index contributed by atoms with van der Waals surface area (Å²) in [5, 5.41) is 11.2. The van der Waals surface area contributed by atoms with Crippen molar-refractivity contribution in [1.82, 2.24) is 0 Å². The van der Waals surface area contributed by atoms with Crippen molar-refractivity contribution in [3.05, 3.63) is 106 Å². The molecule has 41 heavy (non-hydrogen) atoms. The van der Waals surface area contributed by atoms with Gasteiger partial charge in [0.1, 0.15) is 0 Å². The molecule has 0 bridgehead atoms. The molecule has 0 radical (unpaired) electrons. The van der Waals surface area contributed by atoms with Crippen LogP contribution in [0.3, 0.4) is 0 Å². The van der Waals surface area contributed by atoms with E-state index in [2.05, 4.69) is 145 Å². The molecule has 3 aromatic rings. The first-order chi connectivity index (χ1) is 19.2. The first-order valence-electron chi connectivity index (χ1n) is 15.0. The number of allylic oxidation sites excluding steroid dienone is 3. The van der Waals surface area contributed by atoms with Crippen LogP contribution in [-0.2, 0) is 12.8 Å². The molecule has 3 aromatic carbocycles. The van der Waals surface area contributed by atoms with E-state index in [-0.39, 0.29) is 16.6 Å². The molecule has 3 nitrogen and oxygen atoms in total. The summed E-state index contributed by atoms with van der Waals surface area (Å²) in [6.45, 7) is 20.2. The maximum atomic E-state index is 3.87. The van der Waals surface area contributed by atoms with Crippen molar-refractivity contribution in [2.75, 3.05) is 16.0 Å². The molecule has 6 rings (SSSR count). The third-order valence-electron chi connectivity index (χ3n) is 8.62. The van der Waals surface area contributed by atoms with Crippen LogP contribution in [0.5, 0.6) is 0 Å². The number of fused-ring (bicyclic) bond motifs is 3. The van der Waals surface area contributed by atoms with E-state index in [4.69, 9.17) is 0 Å². The molecule has 3 heteroatoms. The maximum absolute atomic E-state index is 3.87. The van der Waals surface area contributed by atoms with Gasteiger partial charge in [-0.05, 0) is 144 Å². The second-order valence-corrected chi connectivity index (χ2v) is 14.3. The fraction of sp³-hybridized carbons (Fsp3) is 0.368. The summed E-state index contributed by atoms with van der Waals surface area (Å²) in [5.74, 6) is 0. The molecule has 3 N–H and O–H groups in total. The molecule has 212 valence electrons. The topological polar surface area (TPSA) is 36.1 Å². The van der Waals surface area contributed by atoms with E-state index >= 15 is 0 Å². The van der Waals surface area contributed by atoms with Crippen LogP contribution >= 0.6 is 0 Å². The zero-order chi connectivity index (χ0) is 29.3. The van der Waals surface area contributed by atoms with Gasteiger partial charge in [-0.15, -0.1) is 0 Å². The Morgan fingerprint density at radius 1 is 0.488 bits per heavy atom. The van der Waals surface area contributed by atoms with Crippen LogP contribution in [-0.4, -0.2) is 16.6 Å². The summed E-state index contributed by atoms with van der Waals surface area (Å²) in [4.78, 5) is 0. The van der Waals surface area contributed by atoms with Gasteiger partial charge in [0.25, 0.3) is 0 Å². The highest BCUT2D eigenvalue weighted by Crippen LogP contribution is 2.40. The number of anilines is 3. The second-order valence-electron chi connectivity index (χ2n) is 14.3. The fourth-order valence-electron chi connectivity index (χ4n) is 7.18. The number of benzene rings is 3. The van der Waals surface area contributed by atoms with Gasteiger partial charge < -0.3 is 16.0 Å². The Labute approximate surface area is 246 Å². The smallest absolute Gasteiger partial charge is 0.0506 e. The Hall–Kier alpha value is -3.72. The lowest BCUT2D eigenvalue weighted by Gasteiger charge is -2.34. The largest absolute Gasteiger partial charge is 0.376 e. The summed E-state index contributed by atoms with van der Waals surface area (Å²) in [7, 11) is 0. The highest BCUT2D eigenvalue weighted by molar-refractivity contribution is 5.84. The molecular formula is C38H45N3. The lowest BCUT2D eigenvalue weighted by atomic mass is 9.84. The average molecular weight is 544 g/mol. The van der Waals surface area contributed by atoms with Gasteiger partial charge in [0.05, 0.1) is 16.6 Å². The summed E-state index contributed by atoms with van der Waals surface area (Å²) in [6.07, 6.45) is 8.84. The number of hydrogen-bond donors (Lipinski definition) is 3. The molecule has 0 aliphatic carbocycles. The van der Waals surface area contributed by atoms with Crippen molar-refractivity contribution in [3.63, 3.8) is 0 Å². The van der Waals surface area contributed by atoms with Gasteiger partial charge in [-0.25, -0.2) is 0 Å². The number of rotatable bonds is 4. The average Bonchev–Trinajstić information content (AvgIpc) is 2.84. The highest BCUT2D eigenvalue weighted by atomic mass is 15.0. The number of hydrogen-bond acceptors (Lipinski definition) is 3. The van der Waals surface area contributed by atoms with Gasteiger partial charge in [0.15, 0.2) is 0 Å². The summed E-state index contributed by atoms with van der Waals surface area (Å²) in [6, 6.07) is 18.7. The molecule has 3 heterocycles. The van der Waals surface area contributed by atoms with Crippen molar-refractivity contribution in [2.24, 2.45) is 0 Å². The predicted molar refractivity (Wildman–Crippen MR) is 179 cm³/mol. The Bertz CT molecular complexity index is 1660. The molecule has 0 unspecified atom stereocenters. The molecule has 3 aliphatic rings. The van der Waals surface area contributed by atoms with Gasteiger partial charge >= 0.3 is 0 Å². The fourth-order valence-corrected chi connectivity index (χ4v) is 7.18. The SMILES string of the molecule is CC1=CC(C)(C)Nc2ccc(Cc3cc(Cc4ccc5c(c4)C(C)=CC(C)(C)N5)c4c(c3)C(C)=CC(C)(C)N4)cc21. The van der Waals surface area contributed by atoms with Crippen molar-refractivity contribution in [1.29, 1.82) is 0 Å². The Balaban J connectivity index is 1.38. The molecule has 0 fully saturated rings. The minimum Gasteiger partial charge on any atom is -0.376 e. The Kier molecular flexibility index (Phi) is 6.30. The van der Waals surface area contributed by atoms with Crippen molar-refractivity contribution in [2.45, 2.75) is 91.8 Å². The summed E-state index contributed by atoms with van der Waals surface area (Å²) >= 11 is 0. The third kappa shape index (κ3) is 5.47. The zero-order valence-corrected chi connectivity index (χ0v) is 26.3. The monoisotopic (exact) mass is 543 g/mol. The highest BCUT2D eigenvalue weighted by Gasteiger charge is 2.27. The predicted octanol–water partition coefficient (Wildman–Crippen LogP) is 9.69. The standard InChI is InChI=1S/C38H45N3/c1-23-20-36(4,5)39-33-12-10-26(17-30(23)33)14-28-16-29(35-32(19-28)25(3)22-38(8,9)41-35)15-27-11-13-34-31(18-27)24(2)21-37(6,7)40-34/h10-13,16-22,39-41H,14-15H2,1-9H3. The molecule has 3 aliphatic heterocycles. The number of nitrogens with one attached hydrogen (secondary N) is 3. The van der Waals surface area contributed by atoms with E-state index in [9.17, 15) is 0 Å².